The minimum absolute atomic E-state index is 0.0221. The van der Waals surface area contributed by atoms with Crippen molar-refractivity contribution in [1.82, 2.24) is 9.78 Å². The van der Waals surface area contributed by atoms with Crippen LogP contribution in [0.5, 0.6) is 0 Å². The van der Waals surface area contributed by atoms with Gasteiger partial charge in [0.25, 0.3) is 5.91 Å². The fourth-order valence-corrected chi connectivity index (χ4v) is 1.67. The molecule has 2 aromatic rings. The molecule has 8 heteroatoms. The summed E-state index contributed by atoms with van der Waals surface area (Å²) in [6.45, 7) is 2.36. The third-order valence-electron chi connectivity index (χ3n) is 2.67. The normalized spacial score (nSPS) is 10.2. The van der Waals surface area contributed by atoms with Gasteiger partial charge in [-0.3, -0.25) is 9.48 Å². The Morgan fingerprint density at radius 1 is 1.29 bits per heavy atom. The van der Waals surface area contributed by atoms with Gasteiger partial charge in [0.2, 0.25) is 0 Å². The summed E-state index contributed by atoms with van der Waals surface area (Å²) >= 11 is 0. The van der Waals surface area contributed by atoms with E-state index in [1.807, 2.05) is 6.92 Å². The maximum atomic E-state index is 12.8. The molecular weight excluding hydrogens is 277 g/mol. The van der Waals surface area contributed by atoms with Crippen molar-refractivity contribution in [2.24, 2.45) is 5.73 Å². The standard InChI is InChI=1S/C13H14FN5O2/c1-2-19-7-10(11(18-19)12(15)20)17-13(21)16-9-5-3-8(14)4-6-9/h3-7H,2H2,1H3,(H2,15,20)(H2,16,17,21). The number of anilines is 2. The van der Waals surface area contributed by atoms with Crippen LogP contribution in [0.2, 0.25) is 0 Å². The summed E-state index contributed by atoms with van der Waals surface area (Å²) in [7, 11) is 0. The zero-order chi connectivity index (χ0) is 15.4. The molecule has 0 radical (unpaired) electrons. The first-order valence-corrected chi connectivity index (χ1v) is 6.20. The topological polar surface area (TPSA) is 102 Å². The van der Waals surface area contributed by atoms with Gasteiger partial charge in [0.1, 0.15) is 5.82 Å². The van der Waals surface area contributed by atoms with Crippen LogP contribution in [0.4, 0.5) is 20.6 Å². The first-order valence-electron chi connectivity index (χ1n) is 6.20. The van der Waals surface area contributed by atoms with Gasteiger partial charge in [-0.1, -0.05) is 0 Å². The Hall–Kier alpha value is -2.90. The van der Waals surface area contributed by atoms with Crippen LogP contribution in [0.25, 0.3) is 0 Å². The number of carbonyl (C=O) groups excluding carboxylic acids is 2. The number of primary amides is 1. The minimum atomic E-state index is -0.737. The molecular formula is C13H14FN5O2. The highest BCUT2D eigenvalue weighted by atomic mass is 19.1. The molecule has 1 heterocycles. The van der Waals surface area contributed by atoms with Crippen LogP contribution in [0.15, 0.2) is 30.5 Å². The third kappa shape index (κ3) is 3.56. The van der Waals surface area contributed by atoms with Gasteiger partial charge < -0.3 is 16.4 Å². The molecule has 1 aromatic carbocycles. The molecule has 3 amide bonds. The summed E-state index contributed by atoms with van der Waals surface area (Å²) in [6, 6.07) is 4.69. The van der Waals surface area contributed by atoms with Crippen molar-refractivity contribution in [2.45, 2.75) is 13.5 Å². The molecule has 0 aliphatic rings. The molecule has 110 valence electrons. The highest BCUT2D eigenvalue weighted by molar-refractivity contribution is 6.05. The Balaban J connectivity index is 2.10. The fraction of sp³-hybridized carbons (Fsp3) is 0.154. The Morgan fingerprint density at radius 2 is 1.95 bits per heavy atom. The average Bonchev–Trinajstić information content (AvgIpc) is 2.84. The molecule has 0 atom stereocenters. The Kier molecular flexibility index (Phi) is 4.17. The molecule has 0 aliphatic heterocycles. The van der Waals surface area contributed by atoms with Gasteiger partial charge in [0.05, 0.1) is 5.69 Å². The zero-order valence-electron chi connectivity index (χ0n) is 11.3. The van der Waals surface area contributed by atoms with Crippen LogP contribution in [0.3, 0.4) is 0 Å². The molecule has 0 spiro atoms. The molecule has 2 rings (SSSR count). The number of nitrogens with one attached hydrogen (secondary N) is 2. The van der Waals surface area contributed by atoms with Crippen molar-refractivity contribution in [3.63, 3.8) is 0 Å². The molecule has 0 bridgehead atoms. The van der Waals surface area contributed by atoms with Gasteiger partial charge in [-0.2, -0.15) is 5.10 Å². The predicted molar refractivity (Wildman–Crippen MR) is 75.5 cm³/mol. The minimum Gasteiger partial charge on any atom is -0.364 e. The summed E-state index contributed by atoms with van der Waals surface area (Å²) in [5.41, 5.74) is 5.80. The lowest BCUT2D eigenvalue weighted by Crippen LogP contribution is -2.22. The number of carbonyl (C=O) groups is 2. The molecule has 0 saturated carbocycles. The largest absolute Gasteiger partial charge is 0.364 e. The molecule has 21 heavy (non-hydrogen) atoms. The summed E-state index contributed by atoms with van der Waals surface area (Å²) < 4.78 is 14.2. The fourth-order valence-electron chi connectivity index (χ4n) is 1.67. The van der Waals surface area contributed by atoms with Crippen LogP contribution in [0.1, 0.15) is 17.4 Å². The van der Waals surface area contributed by atoms with Crippen molar-refractivity contribution in [3.8, 4) is 0 Å². The second-order valence-electron chi connectivity index (χ2n) is 4.20. The number of amides is 3. The molecule has 1 aromatic heterocycles. The zero-order valence-corrected chi connectivity index (χ0v) is 11.3. The van der Waals surface area contributed by atoms with E-state index in [0.717, 1.165) is 0 Å². The van der Waals surface area contributed by atoms with Gasteiger partial charge in [-0.25, -0.2) is 9.18 Å². The highest BCUT2D eigenvalue weighted by Crippen LogP contribution is 2.14. The molecule has 0 fully saturated rings. The van der Waals surface area contributed by atoms with Crippen LogP contribution in [-0.2, 0) is 6.54 Å². The van der Waals surface area contributed by atoms with Gasteiger partial charge >= 0.3 is 6.03 Å². The second kappa shape index (κ2) is 6.04. The number of rotatable bonds is 4. The smallest absolute Gasteiger partial charge is 0.323 e. The Bertz CT molecular complexity index is 666. The van der Waals surface area contributed by atoms with Crippen LogP contribution in [-0.4, -0.2) is 21.7 Å². The summed E-state index contributed by atoms with van der Waals surface area (Å²) in [6.07, 6.45) is 1.50. The number of benzene rings is 1. The maximum absolute atomic E-state index is 12.8. The van der Waals surface area contributed by atoms with Crippen molar-refractivity contribution < 1.29 is 14.0 Å². The number of halogens is 1. The Labute approximate surface area is 119 Å². The van der Waals surface area contributed by atoms with Gasteiger partial charge in [0.15, 0.2) is 5.69 Å². The average molecular weight is 291 g/mol. The lowest BCUT2D eigenvalue weighted by Gasteiger charge is -2.06. The molecule has 0 saturated heterocycles. The van der Waals surface area contributed by atoms with E-state index in [2.05, 4.69) is 15.7 Å². The van der Waals surface area contributed by atoms with Crippen molar-refractivity contribution >= 4 is 23.3 Å². The van der Waals surface area contributed by atoms with E-state index >= 15 is 0 Å². The van der Waals surface area contributed by atoms with Gasteiger partial charge in [0, 0.05) is 18.4 Å². The lowest BCUT2D eigenvalue weighted by molar-refractivity contribution is 0.0995. The number of hydrogen-bond donors (Lipinski definition) is 3. The molecule has 7 nitrogen and oxygen atoms in total. The number of nitrogens with two attached hydrogens (primary N) is 1. The number of aromatic nitrogens is 2. The SMILES string of the molecule is CCn1cc(NC(=O)Nc2ccc(F)cc2)c(C(N)=O)n1. The monoisotopic (exact) mass is 291 g/mol. The van der Waals surface area contributed by atoms with Crippen LogP contribution in [0, 0.1) is 5.82 Å². The molecule has 0 unspecified atom stereocenters. The van der Waals surface area contributed by atoms with Crippen LogP contribution >= 0.6 is 0 Å². The van der Waals surface area contributed by atoms with Crippen molar-refractivity contribution in [3.05, 3.63) is 42.0 Å². The summed E-state index contributed by atoms with van der Waals surface area (Å²) in [4.78, 5) is 23.1. The number of urea groups is 1. The number of hydrogen-bond acceptors (Lipinski definition) is 3. The number of aryl methyl sites for hydroxylation is 1. The van der Waals surface area contributed by atoms with E-state index in [-0.39, 0.29) is 11.4 Å². The van der Waals surface area contributed by atoms with E-state index in [9.17, 15) is 14.0 Å². The van der Waals surface area contributed by atoms with Crippen molar-refractivity contribution in [2.75, 3.05) is 10.6 Å². The summed E-state index contributed by atoms with van der Waals surface area (Å²) in [5, 5.41) is 8.94. The first-order chi connectivity index (χ1) is 9.99. The Morgan fingerprint density at radius 3 is 2.52 bits per heavy atom. The van der Waals surface area contributed by atoms with E-state index < -0.39 is 17.8 Å². The van der Waals surface area contributed by atoms with Crippen LogP contribution < -0.4 is 16.4 Å². The van der Waals surface area contributed by atoms with Gasteiger partial charge in [-0.15, -0.1) is 0 Å². The predicted octanol–water partition coefficient (Wildman–Crippen LogP) is 1.78. The molecule has 4 N–H and O–H groups in total. The van der Waals surface area contributed by atoms with E-state index in [1.165, 1.54) is 35.1 Å². The van der Waals surface area contributed by atoms with E-state index in [0.29, 0.717) is 12.2 Å². The summed E-state index contributed by atoms with van der Waals surface area (Å²) in [5.74, 6) is -1.14. The van der Waals surface area contributed by atoms with Gasteiger partial charge in [-0.05, 0) is 31.2 Å². The molecule has 0 aliphatic carbocycles. The first kappa shape index (κ1) is 14.5. The lowest BCUT2D eigenvalue weighted by atomic mass is 10.3. The highest BCUT2D eigenvalue weighted by Gasteiger charge is 2.15. The number of nitrogens with zero attached hydrogens (tertiary/aromatic N) is 2. The quantitative estimate of drug-likeness (QED) is 0.800. The third-order valence-corrected chi connectivity index (χ3v) is 2.67. The maximum Gasteiger partial charge on any atom is 0.323 e. The van der Waals surface area contributed by atoms with E-state index in [4.69, 9.17) is 5.73 Å². The second-order valence-corrected chi connectivity index (χ2v) is 4.20. The van der Waals surface area contributed by atoms with Crippen molar-refractivity contribution in [1.29, 1.82) is 0 Å². The van der Waals surface area contributed by atoms with E-state index in [1.54, 1.807) is 0 Å².